The van der Waals surface area contributed by atoms with Gasteiger partial charge in [-0.25, -0.2) is 0 Å². The number of carbonyl (C=O) groups is 2. The summed E-state index contributed by atoms with van der Waals surface area (Å²) in [7, 11) is 0. The molecule has 0 heterocycles. The fourth-order valence-electron chi connectivity index (χ4n) is 2.83. The molecule has 26 heavy (non-hydrogen) atoms. The molecule has 0 aromatic rings. The van der Waals surface area contributed by atoms with Gasteiger partial charge in [0.25, 0.3) is 0 Å². The maximum absolute atomic E-state index is 12.1. The summed E-state index contributed by atoms with van der Waals surface area (Å²) in [4.78, 5) is 23.1. The Morgan fingerprint density at radius 3 is 2.04 bits per heavy atom. The van der Waals surface area contributed by atoms with Crippen LogP contribution in [-0.2, 0) is 14.3 Å². The summed E-state index contributed by atoms with van der Waals surface area (Å²) in [6.45, 7) is 3.88. The highest BCUT2D eigenvalue weighted by atomic mass is 16.5. The van der Waals surface area contributed by atoms with E-state index in [0.29, 0.717) is 26.1 Å². The first kappa shape index (κ1) is 24.9. The zero-order valence-corrected chi connectivity index (χ0v) is 16.8. The predicted octanol–water partition coefficient (Wildman–Crippen LogP) is 3.02. The molecule has 0 aliphatic rings. The van der Waals surface area contributed by atoms with Crippen molar-refractivity contribution in [3.63, 3.8) is 0 Å². The van der Waals surface area contributed by atoms with Crippen LogP contribution in [0.1, 0.15) is 90.4 Å². The second-order valence-electron chi connectivity index (χ2n) is 7.00. The molecule has 0 saturated carbocycles. The number of rotatable bonds is 19. The smallest absolute Gasteiger partial charge is 0.323 e. The lowest BCUT2D eigenvalue weighted by Crippen LogP contribution is -2.40. The molecule has 1 amide bonds. The first-order valence-electron chi connectivity index (χ1n) is 10.5. The Balaban J connectivity index is 3.71. The van der Waals surface area contributed by atoms with Crippen molar-refractivity contribution in [2.24, 2.45) is 11.5 Å². The van der Waals surface area contributed by atoms with Gasteiger partial charge in [0, 0.05) is 6.42 Å². The molecule has 0 aliphatic carbocycles. The number of unbranched alkanes of at least 4 members (excludes halogenated alkanes) is 9. The van der Waals surface area contributed by atoms with Gasteiger partial charge in [0.2, 0.25) is 5.91 Å². The molecular formula is C20H41N3O3. The first-order chi connectivity index (χ1) is 12.6. The van der Waals surface area contributed by atoms with Crippen LogP contribution < -0.4 is 16.8 Å². The van der Waals surface area contributed by atoms with E-state index in [-0.39, 0.29) is 12.4 Å². The maximum atomic E-state index is 12.1. The van der Waals surface area contributed by atoms with Crippen molar-refractivity contribution >= 4 is 11.9 Å². The van der Waals surface area contributed by atoms with Gasteiger partial charge in [0.1, 0.15) is 6.04 Å². The molecule has 1 atom stereocenters. The number of esters is 1. The first-order valence-corrected chi connectivity index (χ1v) is 10.5. The van der Waals surface area contributed by atoms with Crippen molar-refractivity contribution in [2.45, 2.75) is 96.4 Å². The van der Waals surface area contributed by atoms with Crippen molar-refractivity contribution in [1.29, 1.82) is 0 Å². The van der Waals surface area contributed by atoms with Gasteiger partial charge in [-0.2, -0.15) is 0 Å². The predicted molar refractivity (Wildman–Crippen MR) is 107 cm³/mol. The van der Waals surface area contributed by atoms with Crippen molar-refractivity contribution in [3.05, 3.63) is 0 Å². The number of nitrogens with two attached hydrogens (primary N) is 2. The highest BCUT2D eigenvalue weighted by Gasteiger charge is 2.19. The molecule has 0 fully saturated rings. The van der Waals surface area contributed by atoms with Crippen LogP contribution in [0.3, 0.4) is 0 Å². The lowest BCUT2D eigenvalue weighted by atomic mass is 10.1. The summed E-state index contributed by atoms with van der Waals surface area (Å²) < 4.78 is 5.35. The molecule has 0 bridgehead atoms. The van der Waals surface area contributed by atoms with E-state index in [1.807, 2.05) is 0 Å². The van der Waals surface area contributed by atoms with Crippen LogP contribution >= 0.6 is 0 Å². The summed E-state index contributed by atoms with van der Waals surface area (Å²) >= 11 is 0. The Bertz CT molecular complexity index is 351. The molecular weight excluding hydrogens is 330 g/mol. The van der Waals surface area contributed by atoms with Gasteiger partial charge in [-0.3, -0.25) is 9.59 Å². The van der Waals surface area contributed by atoms with E-state index >= 15 is 0 Å². The lowest BCUT2D eigenvalue weighted by molar-refractivity contribution is -0.146. The Kier molecular flexibility index (Phi) is 17.8. The van der Waals surface area contributed by atoms with E-state index in [2.05, 4.69) is 12.2 Å². The number of ether oxygens (including phenoxy) is 1. The van der Waals surface area contributed by atoms with Crippen LogP contribution in [-0.4, -0.2) is 37.6 Å². The quantitative estimate of drug-likeness (QED) is 0.239. The topological polar surface area (TPSA) is 107 Å². The minimum absolute atomic E-state index is 0.174. The van der Waals surface area contributed by atoms with Crippen molar-refractivity contribution in [3.8, 4) is 0 Å². The van der Waals surface area contributed by atoms with Crippen molar-refractivity contribution in [2.75, 3.05) is 19.7 Å². The molecule has 0 aromatic carbocycles. The summed E-state index contributed by atoms with van der Waals surface area (Å²) in [5, 5.41) is 3.10. The van der Waals surface area contributed by atoms with Gasteiger partial charge in [-0.05, 0) is 32.4 Å². The molecule has 6 heteroatoms. The Morgan fingerprint density at radius 1 is 0.923 bits per heavy atom. The van der Waals surface area contributed by atoms with Gasteiger partial charge in [-0.15, -0.1) is 0 Å². The third kappa shape index (κ3) is 16.3. The van der Waals surface area contributed by atoms with E-state index in [9.17, 15) is 9.59 Å². The number of amides is 1. The molecule has 0 radical (unpaired) electrons. The van der Waals surface area contributed by atoms with E-state index in [1.54, 1.807) is 0 Å². The maximum Gasteiger partial charge on any atom is 0.323 e. The van der Waals surface area contributed by atoms with Crippen LogP contribution in [0.25, 0.3) is 0 Å². The third-order valence-corrected chi connectivity index (χ3v) is 4.48. The third-order valence-electron chi connectivity index (χ3n) is 4.48. The number of carbonyl (C=O) groups excluding carboxylic acids is 2. The van der Waals surface area contributed by atoms with Crippen LogP contribution in [0.4, 0.5) is 0 Å². The molecule has 154 valence electrons. The van der Waals surface area contributed by atoms with E-state index in [0.717, 1.165) is 19.3 Å². The molecule has 0 aromatic heterocycles. The molecule has 0 rings (SSSR count). The monoisotopic (exact) mass is 371 g/mol. The van der Waals surface area contributed by atoms with E-state index < -0.39 is 11.9 Å². The fraction of sp³-hybridized carbons (Fsp3) is 0.900. The van der Waals surface area contributed by atoms with Crippen molar-refractivity contribution in [1.82, 2.24) is 5.32 Å². The zero-order valence-electron chi connectivity index (χ0n) is 16.8. The molecule has 0 spiro atoms. The standard InChI is InChI=1S/C20H41N3O3/c1-2-3-4-5-6-7-8-9-10-11-17-26-20(25)18(13-14-19(22)24)23-16-12-15-21/h18,23H,2-17,21H2,1H3,(H2,22,24)/t18-/m0/s1. The molecule has 0 unspecified atom stereocenters. The molecule has 0 aliphatic heterocycles. The summed E-state index contributed by atoms with van der Waals surface area (Å²) in [6, 6.07) is -0.475. The van der Waals surface area contributed by atoms with Crippen LogP contribution in [0.5, 0.6) is 0 Å². The van der Waals surface area contributed by atoms with Gasteiger partial charge in [-0.1, -0.05) is 64.7 Å². The van der Waals surface area contributed by atoms with Gasteiger partial charge < -0.3 is 21.5 Å². The highest BCUT2D eigenvalue weighted by molar-refractivity contribution is 5.78. The number of nitrogens with one attached hydrogen (secondary N) is 1. The van der Waals surface area contributed by atoms with E-state index in [4.69, 9.17) is 16.2 Å². The fourth-order valence-corrected chi connectivity index (χ4v) is 2.83. The highest BCUT2D eigenvalue weighted by Crippen LogP contribution is 2.10. The summed E-state index contributed by atoms with van der Waals surface area (Å²) in [5.41, 5.74) is 10.6. The minimum Gasteiger partial charge on any atom is -0.465 e. The Hall–Kier alpha value is -1.14. The second kappa shape index (κ2) is 18.6. The molecule has 5 N–H and O–H groups in total. The average Bonchev–Trinajstić information content (AvgIpc) is 2.62. The number of hydrogen-bond acceptors (Lipinski definition) is 5. The summed E-state index contributed by atoms with van der Waals surface area (Å²) in [6.07, 6.45) is 13.8. The van der Waals surface area contributed by atoms with Crippen molar-refractivity contribution < 1.29 is 14.3 Å². The molecule has 0 saturated heterocycles. The van der Waals surface area contributed by atoms with E-state index in [1.165, 1.54) is 51.4 Å². The van der Waals surface area contributed by atoms with Crippen LogP contribution in [0, 0.1) is 0 Å². The number of primary amides is 1. The minimum atomic E-state index is -0.475. The van der Waals surface area contributed by atoms with Gasteiger partial charge >= 0.3 is 5.97 Å². The average molecular weight is 372 g/mol. The Labute approximate surface area is 159 Å². The summed E-state index contributed by atoms with van der Waals surface area (Å²) in [5.74, 6) is -0.697. The lowest BCUT2D eigenvalue weighted by Gasteiger charge is -2.17. The van der Waals surface area contributed by atoms with Gasteiger partial charge in [0.05, 0.1) is 6.61 Å². The normalized spacial score (nSPS) is 12.1. The number of hydrogen-bond donors (Lipinski definition) is 3. The van der Waals surface area contributed by atoms with Crippen LogP contribution in [0.15, 0.2) is 0 Å². The molecule has 6 nitrogen and oxygen atoms in total. The Morgan fingerprint density at radius 2 is 1.50 bits per heavy atom. The zero-order chi connectivity index (χ0) is 19.5. The van der Waals surface area contributed by atoms with Gasteiger partial charge in [0.15, 0.2) is 0 Å². The largest absolute Gasteiger partial charge is 0.465 e. The van der Waals surface area contributed by atoms with Crippen LogP contribution in [0.2, 0.25) is 0 Å². The SMILES string of the molecule is CCCCCCCCCCCCOC(=O)[C@H](CCC(N)=O)NCCCN. The second-order valence-corrected chi connectivity index (χ2v) is 7.00.